The highest BCUT2D eigenvalue weighted by molar-refractivity contribution is 5.49. The molecule has 1 aromatic carbocycles. The number of benzene rings is 1. The fourth-order valence-corrected chi connectivity index (χ4v) is 1.03. The van der Waals surface area contributed by atoms with Crippen molar-refractivity contribution in [3.05, 3.63) is 54.6 Å². The summed E-state index contributed by atoms with van der Waals surface area (Å²) in [5.41, 5.74) is 0.989. The molecule has 0 bridgehead atoms. The van der Waals surface area contributed by atoms with Gasteiger partial charge in [-0.15, -0.1) is 6.58 Å². The molecule has 2 atom stereocenters. The molecule has 0 unspecified atom stereocenters. The summed E-state index contributed by atoms with van der Waals surface area (Å²) in [5, 5.41) is 18.6. The van der Waals surface area contributed by atoms with Crippen LogP contribution in [0.2, 0.25) is 0 Å². The highest BCUT2D eigenvalue weighted by atomic mass is 16.3. The van der Waals surface area contributed by atoms with E-state index in [1.165, 1.54) is 6.08 Å². The molecule has 0 saturated carbocycles. The van der Waals surface area contributed by atoms with Crippen molar-refractivity contribution < 1.29 is 10.2 Å². The number of rotatable bonds is 4. The highest BCUT2D eigenvalue weighted by Crippen LogP contribution is 2.04. The zero-order valence-corrected chi connectivity index (χ0v) is 7.88. The molecule has 0 saturated heterocycles. The SMILES string of the molecule is C=C[C@H](O)[C@@H](O)/C=C/c1ccccc1. The Labute approximate surface area is 83.8 Å². The molecule has 1 rings (SSSR count). The van der Waals surface area contributed by atoms with E-state index in [0.717, 1.165) is 5.56 Å². The van der Waals surface area contributed by atoms with E-state index in [4.69, 9.17) is 0 Å². The van der Waals surface area contributed by atoms with Crippen LogP contribution in [0.1, 0.15) is 5.56 Å². The Balaban J connectivity index is 2.60. The summed E-state index contributed by atoms with van der Waals surface area (Å²) in [6.45, 7) is 3.39. The number of aliphatic hydroxyl groups excluding tert-OH is 2. The van der Waals surface area contributed by atoms with Gasteiger partial charge in [0.2, 0.25) is 0 Å². The van der Waals surface area contributed by atoms with Gasteiger partial charge in [0.05, 0.1) is 0 Å². The molecular weight excluding hydrogens is 176 g/mol. The highest BCUT2D eigenvalue weighted by Gasteiger charge is 2.07. The second-order valence-electron chi connectivity index (χ2n) is 2.99. The summed E-state index contributed by atoms with van der Waals surface area (Å²) in [6, 6.07) is 9.59. The molecule has 74 valence electrons. The van der Waals surface area contributed by atoms with Crippen molar-refractivity contribution in [1.82, 2.24) is 0 Å². The smallest absolute Gasteiger partial charge is 0.102 e. The van der Waals surface area contributed by atoms with Crippen LogP contribution in [0, 0.1) is 0 Å². The first kappa shape index (κ1) is 10.7. The fraction of sp³-hybridized carbons (Fsp3) is 0.167. The summed E-state index contributed by atoms with van der Waals surface area (Å²) in [5.74, 6) is 0. The fourth-order valence-electron chi connectivity index (χ4n) is 1.03. The predicted molar refractivity (Wildman–Crippen MR) is 57.7 cm³/mol. The van der Waals surface area contributed by atoms with Crippen LogP contribution in [0.3, 0.4) is 0 Å². The van der Waals surface area contributed by atoms with Gasteiger partial charge >= 0.3 is 0 Å². The van der Waals surface area contributed by atoms with Crippen molar-refractivity contribution in [3.63, 3.8) is 0 Å². The third kappa shape index (κ3) is 3.17. The molecule has 2 heteroatoms. The predicted octanol–water partition coefficient (Wildman–Crippen LogP) is 1.61. The van der Waals surface area contributed by atoms with Gasteiger partial charge in [0.1, 0.15) is 12.2 Å². The molecule has 0 aliphatic rings. The quantitative estimate of drug-likeness (QED) is 0.708. The zero-order chi connectivity index (χ0) is 10.4. The molecule has 2 N–H and O–H groups in total. The summed E-state index contributed by atoms with van der Waals surface area (Å²) in [4.78, 5) is 0. The van der Waals surface area contributed by atoms with Gasteiger partial charge in [0.15, 0.2) is 0 Å². The minimum absolute atomic E-state index is 0.896. The zero-order valence-electron chi connectivity index (χ0n) is 7.88. The van der Waals surface area contributed by atoms with Crippen molar-refractivity contribution in [2.45, 2.75) is 12.2 Å². The molecule has 0 amide bonds. The van der Waals surface area contributed by atoms with E-state index in [-0.39, 0.29) is 0 Å². The number of aliphatic hydroxyl groups is 2. The topological polar surface area (TPSA) is 40.5 Å². The van der Waals surface area contributed by atoms with Crippen LogP contribution in [-0.2, 0) is 0 Å². The summed E-state index contributed by atoms with van der Waals surface area (Å²) in [7, 11) is 0. The molecule has 0 aliphatic carbocycles. The Morgan fingerprint density at radius 3 is 2.29 bits per heavy atom. The van der Waals surface area contributed by atoms with Crippen molar-refractivity contribution in [2.24, 2.45) is 0 Å². The summed E-state index contributed by atoms with van der Waals surface area (Å²) >= 11 is 0. The van der Waals surface area contributed by atoms with Crippen LogP contribution in [-0.4, -0.2) is 22.4 Å². The van der Waals surface area contributed by atoms with Crippen LogP contribution in [0.5, 0.6) is 0 Å². The molecule has 2 nitrogen and oxygen atoms in total. The summed E-state index contributed by atoms with van der Waals surface area (Å²) < 4.78 is 0. The second kappa shape index (κ2) is 5.37. The monoisotopic (exact) mass is 190 g/mol. The van der Waals surface area contributed by atoms with Gasteiger partial charge in [-0.05, 0) is 5.56 Å². The first-order chi connectivity index (χ1) is 6.74. The number of hydrogen-bond donors (Lipinski definition) is 2. The lowest BCUT2D eigenvalue weighted by Crippen LogP contribution is -2.20. The summed E-state index contributed by atoms with van der Waals surface area (Å²) in [6.07, 6.45) is 2.81. The van der Waals surface area contributed by atoms with Gasteiger partial charge in [-0.1, -0.05) is 48.6 Å². The third-order valence-corrected chi connectivity index (χ3v) is 1.88. The maximum atomic E-state index is 9.37. The maximum absolute atomic E-state index is 9.37. The lowest BCUT2D eigenvalue weighted by atomic mass is 10.1. The first-order valence-electron chi connectivity index (χ1n) is 4.46. The molecule has 0 aliphatic heterocycles. The largest absolute Gasteiger partial charge is 0.386 e. The van der Waals surface area contributed by atoms with Gasteiger partial charge in [0, 0.05) is 0 Å². The molecule has 0 heterocycles. The first-order valence-corrected chi connectivity index (χ1v) is 4.46. The minimum atomic E-state index is -0.907. The lowest BCUT2D eigenvalue weighted by molar-refractivity contribution is 0.0816. The van der Waals surface area contributed by atoms with Gasteiger partial charge in [-0.25, -0.2) is 0 Å². The van der Waals surface area contributed by atoms with E-state index >= 15 is 0 Å². The van der Waals surface area contributed by atoms with Gasteiger partial charge in [0.25, 0.3) is 0 Å². The van der Waals surface area contributed by atoms with Gasteiger partial charge in [-0.2, -0.15) is 0 Å². The Morgan fingerprint density at radius 1 is 1.07 bits per heavy atom. The van der Waals surface area contributed by atoms with Crippen LogP contribution in [0.15, 0.2) is 49.1 Å². The average molecular weight is 190 g/mol. The molecule has 0 fully saturated rings. The van der Waals surface area contributed by atoms with E-state index in [9.17, 15) is 10.2 Å². The Bertz CT molecular complexity index is 303. The Kier molecular flexibility index (Phi) is 4.11. The Hall–Kier alpha value is -1.38. The van der Waals surface area contributed by atoms with E-state index < -0.39 is 12.2 Å². The standard InChI is InChI=1S/C12H14O2/c1-2-11(13)12(14)9-8-10-6-4-3-5-7-10/h2-9,11-14H,1H2/b9-8+/t11-,12-/m0/s1. The lowest BCUT2D eigenvalue weighted by Gasteiger charge is -2.08. The van der Waals surface area contributed by atoms with Crippen LogP contribution in [0.4, 0.5) is 0 Å². The average Bonchev–Trinajstić information content (AvgIpc) is 2.26. The molecule has 0 aromatic heterocycles. The van der Waals surface area contributed by atoms with E-state index in [2.05, 4.69) is 6.58 Å². The third-order valence-electron chi connectivity index (χ3n) is 1.88. The normalized spacial score (nSPS) is 15.3. The van der Waals surface area contributed by atoms with Crippen molar-refractivity contribution in [3.8, 4) is 0 Å². The molecule has 1 aromatic rings. The van der Waals surface area contributed by atoms with E-state index in [1.54, 1.807) is 12.2 Å². The van der Waals surface area contributed by atoms with Crippen LogP contribution in [0.25, 0.3) is 6.08 Å². The van der Waals surface area contributed by atoms with Crippen molar-refractivity contribution in [1.29, 1.82) is 0 Å². The molecule has 0 spiro atoms. The maximum Gasteiger partial charge on any atom is 0.102 e. The van der Waals surface area contributed by atoms with Gasteiger partial charge < -0.3 is 10.2 Å². The van der Waals surface area contributed by atoms with Crippen molar-refractivity contribution >= 4 is 6.08 Å². The van der Waals surface area contributed by atoms with Crippen LogP contribution >= 0.6 is 0 Å². The second-order valence-corrected chi connectivity index (χ2v) is 2.99. The van der Waals surface area contributed by atoms with E-state index in [1.807, 2.05) is 30.3 Å². The van der Waals surface area contributed by atoms with Crippen LogP contribution < -0.4 is 0 Å². The molecule has 0 radical (unpaired) electrons. The minimum Gasteiger partial charge on any atom is -0.386 e. The molecular formula is C12H14O2. The molecule has 14 heavy (non-hydrogen) atoms. The van der Waals surface area contributed by atoms with Crippen molar-refractivity contribution in [2.75, 3.05) is 0 Å². The van der Waals surface area contributed by atoms with E-state index in [0.29, 0.717) is 0 Å². The van der Waals surface area contributed by atoms with Gasteiger partial charge in [-0.3, -0.25) is 0 Å². The number of hydrogen-bond acceptors (Lipinski definition) is 2. The Morgan fingerprint density at radius 2 is 1.71 bits per heavy atom.